The first-order valence-corrected chi connectivity index (χ1v) is 12.6. The van der Waals surface area contributed by atoms with Crippen molar-refractivity contribution in [3.63, 3.8) is 0 Å². The monoisotopic (exact) mass is 486 g/mol. The smallest absolute Gasteiger partial charge is 0.243 e. The van der Waals surface area contributed by atoms with Crippen LogP contribution >= 0.6 is 0 Å². The van der Waals surface area contributed by atoms with Crippen molar-refractivity contribution in [1.29, 1.82) is 0 Å². The highest BCUT2D eigenvalue weighted by atomic mass is 19.1. The zero-order valence-electron chi connectivity index (χ0n) is 21.6. The van der Waals surface area contributed by atoms with Crippen molar-refractivity contribution in [2.24, 2.45) is 0 Å². The van der Waals surface area contributed by atoms with Crippen molar-refractivity contribution in [3.05, 3.63) is 59.4 Å². The van der Waals surface area contributed by atoms with Crippen LogP contribution in [0.5, 0.6) is 11.5 Å². The van der Waals surface area contributed by atoms with Crippen LogP contribution in [0.2, 0.25) is 0 Å². The fourth-order valence-corrected chi connectivity index (χ4v) is 3.79. The molecule has 0 bridgehead atoms. The second-order valence-electron chi connectivity index (χ2n) is 8.54. The molecule has 0 heterocycles. The summed E-state index contributed by atoms with van der Waals surface area (Å²) in [4.78, 5) is 28.1. The zero-order chi connectivity index (χ0) is 25.8. The molecular weight excluding hydrogens is 447 g/mol. The van der Waals surface area contributed by atoms with Gasteiger partial charge in [0.05, 0.1) is 13.2 Å². The Hall–Kier alpha value is -3.09. The molecular formula is C28H39FN2O4. The van der Waals surface area contributed by atoms with E-state index in [1.54, 1.807) is 17.0 Å². The molecule has 0 aliphatic carbocycles. The molecule has 0 saturated carbocycles. The van der Waals surface area contributed by atoms with Crippen molar-refractivity contribution in [1.82, 2.24) is 10.2 Å². The van der Waals surface area contributed by atoms with Gasteiger partial charge in [0.25, 0.3) is 0 Å². The molecule has 0 spiro atoms. The molecule has 0 fully saturated rings. The number of benzene rings is 2. The fraction of sp³-hybridized carbons (Fsp3) is 0.500. The third-order valence-electron chi connectivity index (χ3n) is 5.89. The lowest BCUT2D eigenvalue weighted by atomic mass is 10.1. The van der Waals surface area contributed by atoms with E-state index in [9.17, 15) is 14.0 Å². The average Bonchev–Trinajstić information content (AvgIpc) is 2.85. The lowest BCUT2D eigenvalue weighted by molar-refractivity contribution is -0.141. The summed E-state index contributed by atoms with van der Waals surface area (Å²) >= 11 is 0. The quantitative estimate of drug-likeness (QED) is 0.395. The predicted molar refractivity (Wildman–Crippen MR) is 136 cm³/mol. The minimum Gasteiger partial charge on any atom is -0.490 e. The lowest BCUT2D eigenvalue weighted by Crippen LogP contribution is -2.50. The number of nitrogens with zero attached hydrogens (tertiary/aromatic N) is 1. The summed E-state index contributed by atoms with van der Waals surface area (Å²) in [6.45, 7) is 10.9. The summed E-state index contributed by atoms with van der Waals surface area (Å²) < 4.78 is 24.8. The maximum Gasteiger partial charge on any atom is 0.243 e. The Balaban J connectivity index is 2.23. The SMILES string of the molecule is CCOc1ccc(CCC(=O)N(Cc2ccc(F)cc2)[C@@H](CC)C(=O)N[C@H](C)CC)cc1OCC. The van der Waals surface area contributed by atoms with E-state index in [1.165, 1.54) is 12.1 Å². The van der Waals surface area contributed by atoms with Crippen molar-refractivity contribution in [2.45, 2.75) is 78.9 Å². The number of carbonyl (C=O) groups is 2. The summed E-state index contributed by atoms with van der Waals surface area (Å²) in [6.07, 6.45) is 2.00. The van der Waals surface area contributed by atoms with E-state index in [2.05, 4.69) is 5.32 Å². The van der Waals surface area contributed by atoms with E-state index < -0.39 is 6.04 Å². The average molecular weight is 487 g/mol. The van der Waals surface area contributed by atoms with Crippen LogP contribution in [0.25, 0.3) is 0 Å². The second kappa shape index (κ2) is 14.3. The molecule has 7 heteroatoms. The van der Waals surface area contributed by atoms with E-state index in [0.717, 1.165) is 17.5 Å². The maximum atomic E-state index is 13.4. The number of aryl methyl sites for hydroxylation is 1. The highest BCUT2D eigenvalue weighted by Crippen LogP contribution is 2.29. The summed E-state index contributed by atoms with van der Waals surface area (Å²) in [5.74, 6) is 0.690. The van der Waals surface area contributed by atoms with Gasteiger partial charge in [0, 0.05) is 19.0 Å². The Labute approximate surface area is 208 Å². The molecule has 0 radical (unpaired) electrons. The predicted octanol–water partition coefficient (Wildman–Crippen LogP) is 5.28. The molecule has 0 saturated heterocycles. The number of hydrogen-bond donors (Lipinski definition) is 1. The third-order valence-corrected chi connectivity index (χ3v) is 5.89. The number of nitrogens with one attached hydrogen (secondary N) is 1. The Morgan fingerprint density at radius 3 is 2.14 bits per heavy atom. The number of carbonyl (C=O) groups excluding carboxylic acids is 2. The molecule has 0 aliphatic heterocycles. The topological polar surface area (TPSA) is 67.9 Å². The Morgan fingerprint density at radius 1 is 0.914 bits per heavy atom. The van der Waals surface area contributed by atoms with Crippen molar-refractivity contribution in [3.8, 4) is 11.5 Å². The summed E-state index contributed by atoms with van der Waals surface area (Å²) in [7, 11) is 0. The van der Waals surface area contributed by atoms with E-state index in [4.69, 9.17) is 9.47 Å². The van der Waals surface area contributed by atoms with Gasteiger partial charge in [-0.1, -0.05) is 32.0 Å². The molecule has 2 amide bonds. The Bertz CT molecular complexity index is 948. The van der Waals surface area contributed by atoms with Gasteiger partial charge in [0.15, 0.2) is 11.5 Å². The highest BCUT2D eigenvalue weighted by molar-refractivity contribution is 5.88. The summed E-state index contributed by atoms with van der Waals surface area (Å²) in [5.41, 5.74) is 1.72. The molecule has 2 rings (SSSR count). The van der Waals surface area contributed by atoms with Crippen molar-refractivity contribution >= 4 is 11.8 Å². The van der Waals surface area contributed by atoms with Gasteiger partial charge >= 0.3 is 0 Å². The molecule has 0 unspecified atom stereocenters. The first kappa shape index (κ1) is 28.1. The van der Waals surface area contributed by atoms with E-state index in [1.807, 2.05) is 52.8 Å². The molecule has 0 aliphatic rings. The fourth-order valence-electron chi connectivity index (χ4n) is 3.79. The molecule has 1 N–H and O–H groups in total. The van der Waals surface area contributed by atoms with Crippen LogP contribution in [0.3, 0.4) is 0 Å². The van der Waals surface area contributed by atoms with Gasteiger partial charge in [0.1, 0.15) is 11.9 Å². The van der Waals surface area contributed by atoms with Gasteiger partial charge in [0.2, 0.25) is 11.8 Å². The highest BCUT2D eigenvalue weighted by Gasteiger charge is 2.29. The van der Waals surface area contributed by atoms with Gasteiger partial charge in [-0.2, -0.15) is 0 Å². The molecule has 2 atom stereocenters. The normalized spacial score (nSPS) is 12.5. The van der Waals surface area contributed by atoms with Gasteiger partial charge in [-0.25, -0.2) is 4.39 Å². The maximum absolute atomic E-state index is 13.4. The number of amides is 2. The molecule has 6 nitrogen and oxygen atoms in total. The Kier molecular flexibility index (Phi) is 11.5. The lowest BCUT2D eigenvalue weighted by Gasteiger charge is -2.31. The van der Waals surface area contributed by atoms with E-state index in [0.29, 0.717) is 37.6 Å². The van der Waals surface area contributed by atoms with Crippen LogP contribution in [-0.4, -0.2) is 42.0 Å². The van der Waals surface area contributed by atoms with E-state index >= 15 is 0 Å². The molecule has 0 aromatic heterocycles. The molecule has 192 valence electrons. The largest absolute Gasteiger partial charge is 0.490 e. The minimum atomic E-state index is -0.610. The van der Waals surface area contributed by atoms with Crippen molar-refractivity contribution in [2.75, 3.05) is 13.2 Å². The van der Waals surface area contributed by atoms with E-state index in [-0.39, 0.29) is 36.6 Å². The Morgan fingerprint density at radius 2 is 1.54 bits per heavy atom. The van der Waals surface area contributed by atoms with Crippen LogP contribution in [0.15, 0.2) is 42.5 Å². The zero-order valence-corrected chi connectivity index (χ0v) is 21.6. The van der Waals surface area contributed by atoms with Crippen LogP contribution < -0.4 is 14.8 Å². The third kappa shape index (κ3) is 8.57. The first-order valence-electron chi connectivity index (χ1n) is 12.6. The molecule has 35 heavy (non-hydrogen) atoms. The van der Waals surface area contributed by atoms with Crippen LogP contribution in [0, 0.1) is 5.82 Å². The van der Waals surface area contributed by atoms with Crippen molar-refractivity contribution < 1.29 is 23.5 Å². The minimum absolute atomic E-state index is 0.0140. The number of halogens is 1. The van der Waals surface area contributed by atoms with Gasteiger partial charge in [-0.3, -0.25) is 9.59 Å². The van der Waals surface area contributed by atoms with Crippen LogP contribution in [0.1, 0.15) is 65.0 Å². The number of rotatable bonds is 14. The first-order chi connectivity index (χ1) is 16.8. The van der Waals surface area contributed by atoms with Crippen LogP contribution in [0.4, 0.5) is 4.39 Å². The number of ether oxygens (including phenoxy) is 2. The molecule has 2 aromatic carbocycles. The van der Waals surface area contributed by atoms with Crippen LogP contribution in [-0.2, 0) is 22.6 Å². The van der Waals surface area contributed by atoms with Gasteiger partial charge < -0.3 is 19.7 Å². The van der Waals surface area contributed by atoms with Gasteiger partial charge in [-0.15, -0.1) is 0 Å². The standard InChI is InChI=1S/C28H39FN2O4/c1-6-20(5)30-28(33)24(7-2)31(19-22-10-14-23(29)15-11-22)27(32)17-13-21-12-16-25(34-8-3)26(18-21)35-9-4/h10-12,14-16,18,20,24H,6-9,13,17,19H2,1-5H3,(H,30,33)/t20-,24+/m1/s1. The summed E-state index contributed by atoms with van der Waals surface area (Å²) in [6, 6.07) is 11.1. The molecule has 2 aromatic rings. The number of hydrogen-bond acceptors (Lipinski definition) is 4. The van der Waals surface area contributed by atoms with Gasteiger partial charge in [-0.05, 0) is 75.4 Å². The summed E-state index contributed by atoms with van der Waals surface area (Å²) in [5, 5.41) is 3.00. The second-order valence-corrected chi connectivity index (χ2v) is 8.54.